The summed E-state index contributed by atoms with van der Waals surface area (Å²) in [6.07, 6.45) is 9.80. The molecule has 32 heavy (non-hydrogen) atoms. The van der Waals surface area contributed by atoms with Gasteiger partial charge in [-0.15, -0.1) is 0 Å². The molecule has 0 atom stereocenters. The molecule has 0 radical (unpaired) electrons. The highest BCUT2D eigenvalue weighted by Gasteiger charge is 2.17. The third-order valence-electron chi connectivity index (χ3n) is 6.35. The van der Waals surface area contributed by atoms with Gasteiger partial charge in [-0.25, -0.2) is 0 Å². The lowest BCUT2D eigenvalue weighted by molar-refractivity contribution is 0.623. The quantitative estimate of drug-likeness (QED) is 0.303. The van der Waals surface area contributed by atoms with E-state index in [9.17, 15) is 0 Å². The summed E-state index contributed by atoms with van der Waals surface area (Å²) >= 11 is 0. The summed E-state index contributed by atoms with van der Waals surface area (Å²) in [6.45, 7) is 13.8. The van der Waals surface area contributed by atoms with E-state index >= 15 is 0 Å². The molecule has 0 heterocycles. The molecule has 0 amide bonds. The van der Waals surface area contributed by atoms with Crippen molar-refractivity contribution in [3.8, 4) is 0 Å². The van der Waals surface area contributed by atoms with Crippen molar-refractivity contribution in [3.63, 3.8) is 0 Å². The fraction of sp³-hybridized carbons (Fsp3) is 0.517. The molecule has 0 spiro atoms. The zero-order valence-corrected chi connectivity index (χ0v) is 20.9. The van der Waals surface area contributed by atoms with E-state index in [0.717, 1.165) is 45.6 Å². The topological polar surface area (TPSA) is 32.5 Å². The third-order valence-corrected chi connectivity index (χ3v) is 6.35. The van der Waals surface area contributed by atoms with Crippen LogP contribution in [-0.2, 0) is 0 Å². The Morgan fingerprint density at radius 3 is 1.56 bits per heavy atom. The molecule has 3 heteroatoms. The van der Waals surface area contributed by atoms with E-state index < -0.39 is 0 Å². The molecule has 0 fully saturated rings. The molecule has 176 valence electrons. The van der Waals surface area contributed by atoms with Gasteiger partial charge in [0.1, 0.15) is 0 Å². The molecule has 0 aromatic heterocycles. The van der Waals surface area contributed by atoms with Gasteiger partial charge >= 0.3 is 0 Å². The number of hydrogen-bond acceptors (Lipinski definition) is 3. The van der Waals surface area contributed by atoms with Crippen molar-refractivity contribution in [2.45, 2.75) is 66.2 Å². The minimum absolute atomic E-state index is 0.814. The molecule has 0 unspecified atom stereocenters. The van der Waals surface area contributed by atoms with Gasteiger partial charge in [0.15, 0.2) is 0 Å². The van der Waals surface area contributed by atoms with E-state index in [2.05, 4.69) is 92.1 Å². The van der Waals surface area contributed by atoms with Gasteiger partial charge in [-0.3, -0.25) is 0 Å². The third kappa shape index (κ3) is 7.13. The van der Waals surface area contributed by atoms with Crippen LogP contribution in [0.3, 0.4) is 0 Å². The zero-order chi connectivity index (χ0) is 23.2. The first-order valence-electron chi connectivity index (χ1n) is 12.8. The van der Waals surface area contributed by atoms with Crippen LogP contribution in [0.4, 0.5) is 11.4 Å². The first-order valence-corrected chi connectivity index (χ1v) is 12.8. The first-order chi connectivity index (χ1) is 15.7. The number of benzene rings is 2. The maximum absolute atomic E-state index is 5.64. The monoisotopic (exact) mass is 435 g/mol. The predicted octanol–water partition coefficient (Wildman–Crippen LogP) is 7.11. The normalized spacial score (nSPS) is 10.8. The fourth-order valence-electron chi connectivity index (χ4n) is 4.51. The van der Waals surface area contributed by atoms with Crippen molar-refractivity contribution < 1.29 is 0 Å². The number of nitrogens with zero attached hydrogens (tertiary/aromatic N) is 2. The predicted molar refractivity (Wildman–Crippen MR) is 144 cm³/mol. The minimum Gasteiger partial charge on any atom is -0.372 e. The van der Waals surface area contributed by atoms with Crippen LogP contribution in [0.15, 0.2) is 54.6 Å². The summed E-state index contributed by atoms with van der Waals surface area (Å²) in [6, 6.07) is 17.9. The summed E-state index contributed by atoms with van der Waals surface area (Å²) in [5, 5.41) is 0. The summed E-state index contributed by atoms with van der Waals surface area (Å²) < 4.78 is 0. The molecular weight excluding hydrogens is 390 g/mol. The lowest BCUT2D eigenvalue weighted by atomic mass is 9.92. The van der Waals surface area contributed by atoms with E-state index in [1.54, 1.807) is 0 Å². The van der Waals surface area contributed by atoms with Crippen molar-refractivity contribution in [3.05, 3.63) is 65.7 Å². The lowest BCUT2D eigenvalue weighted by Gasteiger charge is -2.28. The molecule has 0 aliphatic rings. The van der Waals surface area contributed by atoms with Crippen LogP contribution >= 0.6 is 0 Å². The number of nitrogens with two attached hydrogens (primary N) is 1. The molecular formula is C29H45N3. The average Bonchev–Trinajstić information content (AvgIpc) is 2.83. The smallest absolute Gasteiger partial charge is 0.0445 e. The lowest BCUT2D eigenvalue weighted by Crippen LogP contribution is -2.24. The van der Waals surface area contributed by atoms with Crippen molar-refractivity contribution in [1.29, 1.82) is 0 Å². The van der Waals surface area contributed by atoms with Crippen LogP contribution in [0.25, 0.3) is 5.57 Å². The van der Waals surface area contributed by atoms with Crippen molar-refractivity contribution in [2.75, 3.05) is 42.5 Å². The molecule has 0 aliphatic carbocycles. The Morgan fingerprint density at radius 2 is 1.09 bits per heavy atom. The second-order valence-electron chi connectivity index (χ2n) is 8.34. The molecule has 2 aromatic rings. The van der Waals surface area contributed by atoms with Crippen LogP contribution in [-0.4, -0.2) is 32.7 Å². The van der Waals surface area contributed by atoms with Crippen molar-refractivity contribution in [2.24, 2.45) is 5.73 Å². The molecule has 2 N–H and O–H groups in total. The molecule has 0 saturated carbocycles. The summed E-state index contributed by atoms with van der Waals surface area (Å²) in [5.74, 6) is 0. The second-order valence-corrected chi connectivity index (χ2v) is 8.34. The Hall–Kier alpha value is -2.26. The van der Waals surface area contributed by atoms with Gasteiger partial charge in [0, 0.05) is 48.7 Å². The molecule has 0 bridgehead atoms. The molecule has 0 aliphatic heterocycles. The standard InChI is InChI=1S/C29H45N3/c1-5-31(6-2)28-22-16-14-20-26(28)25(19-13-11-9-10-12-18-24-30)27-21-15-17-23-29(27)32(7-3)8-4/h14-17,19-23H,5-13,18,24,30H2,1-4H3. The Balaban J connectivity index is 2.46. The highest BCUT2D eigenvalue weighted by molar-refractivity contribution is 5.91. The SMILES string of the molecule is CCN(CC)c1ccccc1C(=CCCCCCCCN)c1ccccc1N(CC)CC. The molecule has 2 rings (SSSR count). The fourth-order valence-corrected chi connectivity index (χ4v) is 4.51. The Kier molecular flexibility index (Phi) is 12.0. The molecule has 3 nitrogen and oxygen atoms in total. The van der Waals surface area contributed by atoms with Gasteiger partial charge in [-0.05, 0) is 71.2 Å². The first kappa shape index (κ1) is 26.0. The average molecular weight is 436 g/mol. The summed E-state index contributed by atoms with van der Waals surface area (Å²) in [7, 11) is 0. The molecule has 0 saturated heterocycles. The van der Waals surface area contributed by atoms with E-state index in [0.29, 0.717) is 0 Å². The van der Waals surface area contributed by atoms with E-state index in [1.165, 1.54) is 53.8 Å². The Morgan fingerprint density at radius 1 is 0.656 bits per heavy atom. The second kappa shape index (κ2) is 14.7. The van der Waals surface area contributed by atoms with Gasteiger partial charge in [0.2, 0.25) is 0 Å². The van der Waals surface area contributed by atoms with Gasteiger partial charge in [-0.1, -0.05) is 61.7 Å². The van der Waals surface area contributed by atoms with Gasteiger partial charge < -0.3 is 15.5 Å². The van der Waals surface area contributed by atoms with Crippen molar-refractivity contribution >= 4 is 16.9 Å². The van der Waals surface area contributed by atoms with Crippen LogP contribution in [0.1, 0.15) is 77.3 Å². The maximum atomic E-state index is 5.64. The molecule has 2 aromatic carbocycles. The van der Waals surface area contributed by atoms with E-state index in [4.69, 9.17) is 5.73 Å². The van der Waals surface area contributed by atoms with Gasteiger partial charge in [0.25, 0.3) is 0 Å². The number of allylic oxidation sites excluding steroid dienone is 1. The zero-order valence-electron chi connectivity index (χ0n) is 20.9. The minimum atomic E-state index is 0.814. The number of para-hydroxylation sites is 2. The van der Waals surface area contributed by atoms with Gasteiger partial charge in [-0.2, -0.15) is 0 Å². The van der Waals surface area contributed by atoms with Gasteiger partial charge in [0.05, 0.1) is 0 Å². The van der Waals surface area contributed by atoms with Crippen LogP contribution in [0.2, 0.25) is 0 Å². The maximum Gasteiger partial charge on any atom is 0.0445 e. The summed E-state index contributed by atoms with van der Waals surface area (Å²) in [5.41, 5.74) is 12.4. The number of unbranched alkanes of at least 4 members (excludes halogenated alkanes) is 5. The van der Waals surface area contributed by atoms with E-state index in [-0.39, 0.29) is 0 Å². The van der Waals surface area contributed by atoms with Crippen LogP contribution in [0, 0.1) is 0 Å². The number of anilines is 2. The van der Waals surface area contributed by atoms with Crippen molar-refractivity contribution in [1.82, 2.24) is 0 Å². The number of rotatable bonds is 15. The highest BCUT2D eigenvalue weighted by atomic mass is 15.1. The van der Waals surface area contributed by atoms with Crippen LogP contribution in [0.5, 0.6) is 0 Å². The van der Waals surface area contributed by atoms with E-state index in [1.807, 2.05) is 0 Å². The largest absolute Gasteiger partial charge is 0.372 e. The Bertz CT molecular complexity index is 746. The van der Waals surface area contributed by atoms with Crippen LogP contribution < -0.4 is 15.5 Å². The Labute approximate surface area is 197 Å². The number of hydrogen-bond donors (Lipinski definition) is 1. The highest BCUT2D eigenvalue weighted by Crippen LogP contribution is 2.37. The summed E-state index contributed by atoms with van der Waals surface area (Å²) in [4.78, 5) is 4.94.